The van der Waals surface area contributed by atoms with Crippen LogP contribution in [0, 0.1) is 5.92 Å². The van der Waals surface area contributed by atoms with E-state index >= 15 is 0 Å². The third-order valence-electron chi connectivity index (χ3n) is 3.23. The molecule has 2 aromatic heterocycles. The van der Waals surface area contributed by atoms with Gasteiger partial charge in [0.05, 0.1) is 6.61 Å². The molecule has 2 aromatic rings. The van der Waals surface area contributed by atoms with E-state index < -0.39 is 17.4 Å². The Kier molecular flexibility index (Phi) is 4.87. The van der Waals surface area contributed by atoms with Crippen molar-refractivity contribution in [2.24, 2.45) is 13.0 Å². The van der Waals surface area contributed by atoms with Gasteiger partial charge < -0.3 is 9.47 Å². The Hall–Kier alpha value is -2.58. The van der Waals surface area contributed by atoms with Gasteiger partial charge >= 0.3 is 11.8 Å². The fraction of sp³-hybridized carbons (Fsp3) is 0.571. The summed E-state index contributed by atoms with van der Waals surface area (Å²) in [6.45, 7) is 5.99. The van der Waals surface area contributed by atoms with Crippen molar-refractivity contribution >= 4 is 17.3 Å². The first-order valence-corrected chi connectivity index (χ1v) is 7.31. The molecular formula is C14H20N4O5. The minimum atomic E-state index is -0.832. The van der Waals surface area contributed by atoms with Crippen molar-refractivity contribution in [3.05, 3.63) is 27.2 Å². The topological polar surface area (TPSA) is 97.3 Å². The Bertz CT molecular complexity index is 830. The van der Waals surface area contributed by atoms with Crippen molar-refractivity contribution in [3.63, 3.8) is 0 Å². The molecule has 0 radical (unpaired) electrons. The molecule has 0 N–H and O–H groups in total. The van der Waals surface area contributed by atoms with Gasteiger partial charge in [-0.2, -0.15) is 0 Å². The summed E-state index contributed by atoms with van der Waals surface area (Å²) in [5.74, 6) is 0.203. The largest absolute Gasteiger partial charge is 0.510 e. The normalized spacial score (nSPS) is 11.2. The fourth-order valence-electron chi connectivity index (χ4n) is 2.21. The SMILES string of the molecule is CCOC(=O)OCn1cnc2c1c(=O)n(C)c(=O)n2CC(C)C. The number of hydrogen-bond acceptors (Lipinski definition) is 6. The monoisotopic (exact) mass is 324 g/mol. The van der Waals surface area contributed by atoms with Crippen molar-refractivity contribution < 1.29 is 14.3 Å². The summed E-state index contributed by atoms with van der Waals surface area (Å²) < 4.78 is 13.4. The molecule has 9 heteroatoms. The molecule has 0 aliphatic heterocycles. The van der Waals surface area contributed by atoms with Gasteiger partial charge in [-0.15, -0.1) is 0 Å². The highest BCUT2D eigenvalue weighted by Crippen LogP contribution is 2.09. The highest BCUT2D eigenvalue weighted by molar-refractivity contribution is 5.70. The molecule has 0 atom stereocenters. The van der Waals surface area contributed by atoms with Gasteiger partial charge in [0.1, 0.15) is 6.33 Å². The van der Waals surface area contributed by atoms with Gasteiger partial charge in [-0.1, -0.05) is 13.8 Å². The molecule has 0 amide bonds. The van der Waals surface area contributed by atoms with Crippen LogP contribution in [0.5, 0.6) is 0 Å². The number of fused-ring (bicyclic) bond motifs is 1. The smallest absolute Gasteiger partial charge is 0.435 e. The molecule has 0 aromatic carbocycles. The van der Waals surface area contributed by atoms with E-state index in [1.54, 1.807) is 6.92 Å². The zero-order chi connectivity index (χ0) is 17.1. The Labute approximate surface area is 132 Å². The zero-order valence-electron chi connectivity index (χ0n) is 13.6. The second kappa shape index (κ2) is 6.67. The van der Waals surface area contributed by atoms with Crippen LogP contribution in [-0.2, 0) is 29.8 Å². The van der Waals surface area contributed by atoms with E-state index in [0.717, 1.165) is 4.57 Å². The van der Waals surface area contributed by atoms with E-state index in [9.17, 15) is 14.4 Å². The molecular weight excluding hydrogens is 304 g/mol. The number of carbonyl (C=O) groups is 1. The van der Waals surface area contributed by atoms with Gasteiger partial charge in [-0.25, -0.2) is 14.6 Å². The quantitative estimate of drug-likeness (QED) is 0.750. The van der Waals surface area contributed by atoms with Crippen molar-refractivity contribution in [3.8, 4) is 0 Å². The van der Waals surface area contributed by atoms with E-state index in [4.69, 9.17) is 4.74 Å². The first kappa shape index (κ1) is 16.8. The number of imidazole rings is 1. The molecule has 23 heavy (non-hydrogen) atoms. The molecule has 2 heterocycles. The summed E-state index contributed by atoms with van der Waals surface area (Å²) in [7, 11) is 1.41. The van der Waals surface area contributed by atoms with Crippen molar-refractivity contribution in [1.29, 1.82) is 0 Å². The number of nitrogens with zero attached hydrogens (tertiary/aromatic N) is 4. The Morgan fingerprint density at radius 2 is 2.00 bits per heavy atom. The molecule has 0 aliphatic rings. The van der Waals surface area contributed by atoms with Gasteiger partial charge in [-0.3, -0.25) is 18.5 Å². The molecule has 2 rings (SSSR count). The van der Waals surface area contributed by atoms with E-state index in [0.29, 0.717) is 6.54 Å². The van der Waals surface area contributed by atoms with E-state index in [1.807, 2.05) is 13.8 Å². The summed E-state index contributed by atoms with van der Waals surface area (Å²) in [5, 5.41) is 0. The van der Waals surface area contributed by atoms with Crippen molar-refractivity contribution in [2.45, 2.75) is 34.0 Å². The van der Waals surface area contributed by atoms with Crippen LogP contribution in [0.2, 0.25) is 0 Å². The minimum Gasteiger partial charge on any atom is -0.435 e. The van der Waals surface area contributed by atoms with Crippen LogP contribution in [0.15, 0.2) is 15.9 Å². The maximum Gasteiger partial charge on any atom is 0.510 e. The third kappa shape index (κ3) is 3.27. The van der Waals surface area contributed by atoms with Crippen molar-refractivity contribution in [1.82, 2.24) is 18.7 Å². The van der Waals surface area contributed by atoms with Crippen LogP contribution in [0.3, 0.4) is 0 Å². The summed E-state index contributed by atoms with van der Waals surface area (Å²) in [4.78, 5) is 40.0. The van der Waals surface area contributed by atoms with Crippen LogP contribution in [0.1, 0.15) is 20.8 Å². The van der Waals surface area contributed by atoms with Crippen LogP contribution < -0.4 is 11.2 Å². The number of rotatable bonds is 5. The summed E-state index contributed by atoms with van der Waals surface area (Å²) in [5.41, 5.74) is -0.431. The average Bonchev–Trinajstić information content (AvgIpc) is 2.91. The maximum atomic E-state index is 12.4. The second-order valence-electron chi connectivity index (χ2n) is 5.49. The van der Waals surface area contributed by atoms with Crippen LogP contribution in [-0.4, -0.2) is 31.4 Å². The standard InChI is InChI=1S/C14H20N4O5/c1-5-22-14(21)23-8-17-7-15-11-10(17)12(19)16(4)13(20)18(11)6-9(2)3/h7,9H,5-6,8H2,1-4H3. The first-order chi connectivity index (χ1) is 10.9. The fourth-order valence-corrected chi connectivity index (χ4v) is 2.21. The lowest BCUT2D eigenvalue weighted by Crippen LogP contribution is -2.39. The lowest BCUT2D eigenvalue weighted by atomic mass is 10.2. The molecule has 0 fully saturated rings. The van der Waals surface area contributed by atoms with Gasteiger partial charge in [0.2, 0.25) is 0 Å². The average molecular weight is 324 g/mol. The van der Waals surface area contributed by atoms with Crippen molar-refractivity contribution in [2.75, 3.05) is 6.61 Å². The highest BCUT2D eigenvalue weighted by atomic mass is 16.7. The summed E-state index contributed by atoms with van der Waals surface area (Å²) in [6, 6.07) is 0. The second-order valence-corrected chi connectivity index (χ2v) is 5.49. The highest BCUT2D eigenvalue weighted by Gasteiger charge is 2.17. The Balaban J connectivity index is 2.50. The maximum absolute atomic E-state index is 12.4. The molecule has 126 valence electrons. The van der Waals surface area contributed by atoms with E-state index in [-0.39, 0.29) is 30.4 Å². The zero-order valence-corrected chi connectivity index (χ0v) is 13.6. The lowest BCUT2D eigenvalue weighted by molar-refractivity contribution is 0.0380. The van der Waals surface area contributed by atoms with Gasteiger partial charge in [0, 0.05) is 13.6 Å². The summed E-state index contributed by atoms with van der Waals surface area (Å²) in [6.07, 6.45) is 0.531. The van der Waals surface area contributed by atoms with E-state index in [2.05, 4.69) is 9.72 Å². The Morgan fingerprint density at radius 1 is 1.30 bits per heavy atom. The van der Waals surface area contributed by atoms with Gasteiger partial charge in [0.15, 0.2) is 17.9 Å². The molecule has 0 saturated carbocycles. The number of carbonyl (C=O) groups excluding carboxylic acids is 1. The lowest BCUT2D eigenvalue weighted by Gasteiger charge is -2.12. The molecule has 0 aliphatic carbocycles. The molecule has 0 saturated heterocycles. The van der Waals surface area contributed by atoms with Crippen LogP contribution >= 0.6 is 0 Å². The molecule has 0 bridgehead atoms. The molecule has 0 spiro atoms. The third-order valence-corrected chi connectivity index (χ3v) is 3.23. The predicted molar refractivity (Wildman–Crippen MR) is 82.2 cm³/mol. The number of ether oxygens (including phenoxy) is 2. The van der Waals surface area contributed by atoms with Crippen LogP contribution in [0.25, 0.3) is 11.2 Å². The van der Waals surface area contributed by atoms with E-state index in [1.165, 1.54) is 22.5 Å². The predicted octanol–water partition coefficient (Wildman–Crippen LogP) is 0.683. The molecule has 9 nitrogen and oxygen atoms in total. The Morgan fingerprint density at radius 3 is 2.61 bits per heavy atom. The minimum absolute atomic E-state index is 0.194. The number of hydrogen-bond donors (Lipinski definition) is 0. The van der Waals surface area contributed by atoms with Gasteiger partial charge in [0.25, 0.3) is 5.56 Å². The van der Waals surface area contributed by atoms with Crippen LogP contribution in [0.4, 0.5) is 4.79 Å². The first-order valence-electron chi connectivity index (χ1n) is 7.31. The molecule has 0 unspecified atom stereocenters. The number of aromatic nitrogens is 4. The summed E-state index contributed by atoms with van der Waals surface area (Å²) >= 11 is 0. The van der Waals surface area contributed by atoms with Gasteiger partial charge in [-0.05, 0) is 12.8 Å².